The number of likely N-dealkylation sites (tertiary alicyclic amines) is 1. The summed E-state index contributed by atoms with van der Waals surface area (Å²) in [4.78, 5) is 30.5. The highest BCUT2D eigenvalue weighted by Crippen LogP contribution is 2.31. The quantitative estimate of drug-likeness (QED) is 0.637. The summed E-state index contributed by atoms with van der Waals surface area (Å²) in [6.07, 6.45) is 9.39. The normalized spacial score (nSPS) is 23.7. The van der Waals surface area contributed by atoms with Crippen LogP contribution in [-0.4, -0.2) is 73.1 Å². The van der Waals surface area contributed by atoms with Gasteiger partial charge in [0.25, 0.3) is 0 Å². The summed E-state index contributed by atoms with van der Waals surface area (Å²) in [7, 11) is 0. The molecule has 7 heteroatoms. The van der Waals surface area contributed by atoms with Crippen LogP contribution in [0.15, 0.2) is 0 Å². The molecule has 2 heterocycles. The number of nitrogens with one attached hydrogen (secondary N) is 1. The first kappa shape index (κ1) is 24.0. The minimum absolute atomic E-state index is 0.0445. The molecule has 174 valence electrons. The van der Waals surface area contributed by atoms with Crippen LogP contribution < -0.4 is 5.32 Å². The van der Waals surface area contributed by atoms with Crippen molar-refractivity contribution in [2.75, 3.05) is 45.9 Å². The van der Waals surface area contributed by atoms with Gasteiger partial charge in [-0.1, -0.05) is 39.0 Å². The van der Waals surface area contributed by atoms with Gasteiger partial charge < -0.3 is 19.9 Å². The smallest absolute Gasteiger partial charge is 0.224 e. The molecule has 3 rings (SSSR count). The molecule has 0 bridgehead atoms. The second-order valence-corrected chi connectivity index (χ2v) is 9.66. The van der Waals surface area contributed by atoms with E-state index in [4.69, 9.17) is 4.74 Å². The Kier molecular flexibility index (Phi) is 9.15. The standard InChI is InChI=1S/C24H40N4O3/c1-2-10-27-11-8-24(19-25,9-12-27)26-23(30)21(17-20-6-4-3-5-7-20)18-22(29)28-13-15-31-16-14-28/h20-21H,2-18H2,1H3,(H,26,30). The molecule has 0 spiro atoms. The van der Waals surface area contributed by atoms with Crippen molar-refractivity contribution in [2.24, 2.45) is 11.8 Å². The second kappa shape index (κ2) is 11.8. The van der Waals surface area contributed by atoms with Crippen LogP contribution >= 0.6 is 0 Å². The number of nitrogens with zero attached hydrogens (tertiary/aromatic N) is 3. The molecule has 1 saturated carbocycles. The van der Waals surface area contributed by atoms with Crippen molar-refractivity contribution in [1.29, 1.82) is 5.26 Å². The largest absolute Gasteiger partial charge is 0.378 e. The van der Waals surface area contributed by atoms with Crippen molar-refractivity contribution in [1.82, 2.24) is 15.1 Å². The predicted octanol–water partition coefficient (Wildman–Crippen LogP) is 2.71. The fraction of sp³-hybridized carbons (Fsp3) is 0.875. The Bertz CT molecular complexity index is 627. The van der Waals surface area contributed by atoms with Crippen LogP contribution in [0.25, 0.3) is 0 Å². The SMILES string of the molecule is CCCN1CCC(C#N)(NC(=O)C(CC(=O)N2CCOCC2)CC2CCCCC2)CC1. The van der Waals surface area contributed by atoms with Crippen LogP contribution in [0.5, 0.6) is 0 Å². The average molecular weight is 433 g/mol. The van der Waals surface area contributed by atoms with E-state index < -0.39 is 5.54 Å². The minimum atomic E-state index is -0.797. The Morgan fingerprint density at radius 2 is 1.81 bits per heavy atom. The first-order valence-electron chi connectivity index (χ1n) is 12.4. The van der Waals surface area contributed by atoms with Crippen LogP contribution in [0.4, 0.5) is 0 Å². The number of carbonyl (C=O) groups is 2. The topological polar surface area (TPSA) is 85.7 Å². The highest BCUT2D eigenvalue weighted by atomic mass is 16.5. The molecule has 2 amide bonds. The third-order valence-corrected chi connectivity index (χ3v) is 7.32. The van der Waals surface area contributed by atoms with Gasteiger partial charge >= 0.3 is 0 Å². The van der Waals surface area contributed by atoms with Crippen molar-refractivity contribution < 1.29 is 14.3 Å². The maximum Gasteiger partial charge on any atom is 0.224 e. The summed E-state index contributed by atoms with van der Waals surface area (Å²) in [5, 5.41) is 13.0. The molecule has 0 aromatic carbocycles. The summed E-state index contributed by atoms with van der Waals surface area (Å²) >= 11 is 0. The van der Waals surface area contributed by atoms with E-state index in [1.54, 1.807) is 0 Å². The van der Waals surface area contributed by atoms with Crippen LogP contribution in [0, 0.1) is 23.2 Å². The molecule has 7 nitrogen and oxygen atoms in total. The minimum Gasteiger partial charge on any atom is -0.378 e. The Morgan fingerprint density at radius 3 is 2.42 bits per heavy atom. The molecule has 1 aliphatic carbocycles. The number of amides is 2. The molecule has 0 aromatic rings. The zero-order valence-electron chi connectivity index (χ0n) is 19.2. The van der Waals surface area contributed by atoms with Crippen molar-refractivity contribution >= 4 is 11.8 Å². The third kappa shape index (κ3) is 6.92. The van der Waals surface area contributed by atoms with Gasteiger partial charge in [0.05, 0.1) is 19.3 Å². The van der Waals surface area contributed by atoms with E-state index in [-0.39, 0.29) is 24.2 Å². The Morgan fingerprint density at radius 1 is 1.13 bits per heavy atom. The van der Waals surface area contributed by atoms with Gasteiger partial charge in [0.15, 0.2) is 0 Å². The number of piperidine rings is 1. The van der Waals surface area contributed by atoms with Crippen LogP contribution in [-0.2, 0) is 14.3 Å². The number of hydrogen-bond donors (Lipinski definition) is 1. The maximum absolute atomic E-state index is 13.4. The highest BCUT2D eigenvalue weighted by Gasteiger charge is 2.38. The van der Waals surface area contributed by atoms with E-state index in [1.165, 1.54) is 19.3 Å². The first-order chi connectivity index (χ1) is 15.0. The predicted molar refractivity (Wildman–Crippen MR) is 119 cm³/mol. The summed E-state index contributed by atoms with van der Waals surface area (Å²) in [5.74, 6) is 0.101. The molecule has 3 aliphatic rings. The summed E-state index contributed by atoms with van der Waals surface area (Å²) in [5.41, 5.74) is -0.797. The van der Waals surface area contributed by atoms with Gasteiger partial charge in [-0.15, -0.1) is 0 Å². The molecule has 31 heavy (non-hydrogen) atoms. The molecule has 0 radical (unpaired) electrons. The summed E-state index contributed by atoms with van der Waals surface area (Å²) in [6.45, 7) is 7.21. The summed E-state index contributed by atoms with van der Waals surface area (Å²) < 4.78 is 5.36. The Labute approximate surface area is 187 Å². The van der Waals surface area contributed by atoms with Gasteiger partial charge in [0.2, 0.25) is 11.8 Å². The zero-order valence-corrected chi connectivity index (χ0v) is 19.2. The highest BCUT2D eigenvalue weighted by molar-refractivity contribution is 5.86. The lowest BCUT2D eigenvalue weighted by Crippen LogP contribution is -2.56. The van der Waals surface area contributed by atoms with Gasteiger partial charge in [0, 0.05) is 38.5 Å². The maximum atomic E-state index is 13.4. The van der Waals surface area contributed by atoms with Gasteiger partial charge in [-0.2, -0.15) is 5.26 Å². The molecule has 0 aromatic heterocycles. The molecule has 1 atom stereocenters. The second-order valence-electron chi connectivity index (χ2n) is 9.66. The van der Waals surface area contributed by atoms with Crippen LogP contribution in [0.3, 0.4) is 0 Å². The van der Waals surface area contributed by atoms with Gasteiger partial charge in [-0.3, -0.25) is 9.59 Å². The van der Waals surface area contributed by atoms with Gasteiger partial charge in [0.1, 0.15) is 5.54 Å². The summed E-state index contributed by atoms with van der Waals surface area (Å²) in [6, 6.07) is 2.42. The fourth-order valence-electron chi connectivity index (χ4n) is 5.34. The number of nitriles is 1. The van der Waals surface area contributed by atoms with Crippen LogP contribution in [0.1, 0.15) is 71.1 Å². The first-order valence-corrected chi connectivity index (χ1v) is 12.4. The molecule has 2 aliphatic heterocycles. The molecule has 1 N–H and O–H groups in total. The Balaban J connectivity index is 1.64. The van der Waals surface area contributed by atoms with E-state index in [0.717, 1.165) is 45.3 Å². The van der Waals surface area contributed by atoms with E-state index in [2.05, 4.69) is 23.2 Å². The van der Waals surface area contributed by atoms with E-state index in [9.17, 15) is 14.9 Å². The lowest BCUT2D eigenvalue weighted by Gasteiger charge is -2.38. The van der Waals surface area contributed by atoms with E-state index in [0.29, 0.717) is 45.1 Å². The van der Waals surface area contributed by atoms with Crippen molar-refractivity contribution in [3.63, 3.8) is 0 Å². The number of rotatable bonds is 8. The van der Waals surface area contributed by atoms with E-state index in [1.807, 2.05) is 4.90 Å². The van der Waals surface area contributed by atoms with Crippen molar-refractivity contribution in [2.45, 2.75) is 76.7 Å². The monoisotopic (exact) mass is 432 g/mol. The zero-order chi connectivity index (χ0) is 22.1. The fourth-order valence-corrected chi connectivity index (χ4v) is 5.34. The Hall–Kier alpha value is -1.65. The number of morpholine rings is 1. The number of ether oxygens (including phenoxy) is 1. The van der Waals surface area contributed by atoms with Gasteiger partial charge in [-0.25, -0.2) is 0 Å². The molecule has 3 fully saturated rings. The number of carbonyl (C=O) groups excluding carboxylic acids is 2. The average Bonchev–Trinajstić information content (AvgIpc) is 2.81. The number of hydrogen-bond acceptors (Lipinski definition) is 5. The lowest BCUT2D eigenvalue weighted by molar-refractivity contribution is -0.140. The van der Waals surface area contributed by atoms with Crippen LogP contribution in [0.2, 0.25) is 0 Å². The van der Waals surface area contributed by atoms with Crippen molar-refractivity contribution in [3.05, 3.63) is 0 Å². The molecule has 2 saturated heterocycles. The molecule has 1 unspecified atom stereocenters. The van der Waals surface area contributed by atoms with Gasteiger partial charge in [-0.05, 0) is 38.1 Å². The lowest BCUT2D eigenvalue weighted by atomic mass is 9.80. The van der Waals surface area contributed by atoms with Crippen molar-refractivity contribution in [3.8, 4) is 6.07 Å². The molecular formula is C24H40N4O3. The third-order valence-electron chi connectivity index (χ3n) is 7.32. The molecular weight excluding hydrogens is 392 g/mol. The van der Waals surface area contributed by atoms with E-state index >= 15 is 0 Å².